The lowest BCUT2D eigenvalue weighted by molar-refractivity contribution is -0.00327. The summed E-state index contributed by atoms with van der Waals surface area (Å²) in [6.07, 6.45) is 3.28. The number of nitrogens with zero attached hydrogens (tertiary/aromatic N) is 1. The number of rotatable bonds is 6. The fourth-order valence-electron chi connectivity index (χ4n) is 3.49. The molecule has 2 aliphatic rings. The van der Waals surface area contributed by atoms with Gasteiger partial charge in [-0.2, -0.15) is 0 Å². The van der Waals surface area contributed by atoms with Gasteiger partial charge in [0.25, 0.3) is 0 Å². The molecule has 2 saturated heterocycles. The third-order valence-corrected chi connectivity index (χ3v) is 4.99. The Balaban J connectivity index is 1.90. The average molecular weight is 284 g/mol. The normalized spacial score (nSPS) is 28.9. The molecule has 2 aliphatic heterocycles. The van der Waals surface area contributed by atoms with Gasteiger partial charge in [0.15, 0.2) is 0 Å². The van der Waals surface area contributed by atoms with E-state index in [0.29, 0.717) is 17.4 Å². The number of aliphatic hydroxyl groups excluding tert-OH is 1. The highest BCUT2D eigenvalue weighted by atomic mass is 16.5. The van der Waals surface area contributed by atoms with Crippen molar-refractivity contribution in [3.8, 4) is 0 Å². The summed E-state index contributed by atoms with van der Waals surface area (Å²) >= 11 is 0. The van der Waals surface area contributed by atoms with Crippen molar-refractivity contribution in [2.24, 2.45) is 11.3 Å². The van der Waals surface area contributed by atoms with E-state index in [0.717, 1.165) is 58.7 Å². The molecule has 2 unspecified atom stereocenters. The fraction of sp³-hybridized carbons (Fsp3) is 1.00. The molecule has 0 aromatic heterocycles. The van der Waals surface area contributed by atoms with Crippen LogP contribution in [0.3, 0.4) is 0 Å². The van der Waals surface area contributed by atoms with Crippen LogP contribution in [-0.4, -0.2) is 61.5 Å². The second-order valence-electron chi connectivity index (χ2n) is 7.17. The first-order chi connectivity index (χ1) is 9.51. The molecule has 0 radical (unpaired) electrons. The maximum Gasteiger partial charge on any atom is 0.0552 e. The average Bonchev–Trinajstić information content (AvgIpc) is 2.86. The third-order valence-electron chi connectivity index (χ3n) is 4.99. The van der Waals surface area contributed by atoms with Crippen LogP contribution in [0.15, 0.2) is 0 Å². The molecule has 2 atom stereocenters. The van der Waals surface area contributed by atoms with E-state index in [1.54, 1.807) is 0 Å². The highest BCUT2D eigenvalue weighted by Crippen LogP contribution is 2.33. The van der Waals surface area contributed by atoms with Crippen LogP contribution in [0.25, 0.3) is 0 Å². The molecular formula is C16H32N2O2. The maximum absolute atomic E-state index is 9.76. The zero-order valence-electron chi connectivity index (χ0n) is 13.4. The van der Waals surface area contributed by atoms with E-state index in [1.165, 1.54) is 0 Å². The quantitative estimate of drug-likeness (QED) is 0.775. The van der Waals surface area contributed by atoms with Crippen molar-refractivity contribution in [3.63, 3.8) is 0 Å². The Hall–Kier alpha value is -0.160. The van der Waals surface area contributed by atoms with E-state index in [4.69, 9.17) is 4.74 Å². The Morgan fingerprint density at radius 1 is 1.30 bits per heavy atom. The van der Waals surface area contributed by atoms with Crippen molar-refractivity contribution in [2.75, 3.05) is 39.4 Å². The molecule has 0 aliphatic carbocycles. The van der Waals surface area contributed by atoms with Gasteiger partial charge in [-0.3, -0.25) is 0 Å². The smallest absolute Gasteiger partial charge is 0.0552 e. The van der Waals surface area contributed by atoms with Crippen molar-refractivity contribution in [2.45, 2.75) is 52.2 Å². The summed E-state index contributed by atoms with van der Waals surface area (Å²) in [6, 6.07) is 0.540. The number of aliphatic hydroxyl groups is 1. The highest BCUT2D eigenvalue weighted by Gasteiger charge is 2.37. The zero-order chi connectivity index (χ0) is 14.6. The lowest BCUT2D eigenvalue weighted by Crippen LogP contribution is -2.48. The van der Waals surface area contributed by atoms with E-state index in [2.05, 4.69) is 24.1 Å². The van der Waals surface area contributed by atoms with Gasteiger partial charge in [-0.15, -0.1) is 0 Å². The van der Waals surface area contributed by atoms with Gasteiger partial charge in [0, 0.05) is 38.9 Å². The first-order valence-electron chi connectivity index (χ1n) is 8.22. The minimum Gasteiger partial charge on any atom is -0.393 e. The van der Waals surface area contributed by atoms with Gasteiger partial charge in [0.1, 0.15) is 0 Å². The van der Waals surface area contributed by atoms with Crippen molar-refractivity contribution in [3.05, 3.63) is 0 Å². The van der Waals surface area contributed by atoms with Crippen LogP contribution in [-0.2, 0) is 4.74 Å². The molecule has 0 aromatic carbocycles. The predicted octanol–water partition coefficient (Wildman–Crippen LogP) is 1.48. The van der Waals surface area contributed by atoms with E-state index >= 15 is 0 Å². The molecule has 0 aromatic rings. The van der Waals surface area contributed by atoms with Crippen LogP contribution in [0.5, 0.6) is 0 Å². The molecule has 0 bridgehead atoms. The van der Waals surface area contributed by atoms with Gasteiger partial charge in [-0.25, -0.2) is 0 Å². The summed E-state index contributed by atoms with van der Waals surface area (Å²) in [6.45, 7) is 12.6. The topological polar surface area (TPSA) is 44.7 Å². The molecule has 20 heavy (non-hydrogen) atoms. The summed E-state index contributed by atoms with van der Waals surface area (Å²) in [7, 11) is 0. The van der Waals surface area contributed by atoms with Crippen LogP contribution >= 0.6 is 0 Å². The van der Waals surface area contributed by atoms with Gasteiger partial charge in [-0.1, -0.05) is 13.8 Å². The summed E-state index contributed by atoms with van der Waals surface area (Å²) in [5.41, 5.74) is 0.357. The molecule has 0 saturated carbocycles. The van der Waals surface area contributed by atoms with Gasteiger partial charge in [0.2, 0.25) is 0 Å². The summed E-state index contributed by atoms with van der Waals surface area (Å²) in [4.78, 5) is 2.56. The van der Waals surface area contributed by atoms with Crippen molar-refractivity contribution < 1.29 is 9.84 Å². The van der Waals surface area contributed by atoms with Crippen LogP contribution in [0.4, 0.5) is 0 Å². The SMILES string of the molecule is CC(C)NCC1(CN2CCC(C(C)O)C2)CCOCC1. The maximum atomic E-state index is 9.76. The Morgan fingerprint density at radius 2 is 2.00 bits per heavy atom. The molecule has 2 N–H and O–H groups in total. The van der Waals surface area contributed by atoms with E-state index in [9.17, 15) is 5.11 Å². The minimum absolute atomic E-state index is 0.167. The second kappa shape index (κ2) is 7.21. The lowest BCUT2D eigenvalue weighted by atomic mass is 9.79. The van der Waals surface area contributed by atoms with E-state index < -0.39 is 0 Å². The van der Waals surface area contributed by atoms with E-state index in [-0.39, 0.29) is 6.10 Å². The summed E-state index contributed by atoms with van der Waals surface area (Å²) in [5.74, 6) is 0.463. The molecule has 118 valence electrons. The van der Waals surface area contributed by atoms with Crippen LogP contribution in [0, 0.1) is 11.3 Å². The molecule has 4 nitrogen and oxygen atoms in total. The summed E-state index contributed by atoms with van der Waals surface area (Å²) < 4.78 is 5.57. The predicted molar refractivity (Wildman–Crippen MR) is 81.9 cm³/mol. The molecule has 4 heteroatoms. The first-order valence-corrected chi connectivity index (χ1v) is 8.22. The molecule has 2 heterocycles. The number of ether oxygens (including phenoxy) is 1. The molecular weight excluding hydrogens is 252 g/mol. The van der Waals surface area contributed by atoms with Crippen molar-refractivity contribution in [1.29, 1.82) is 0 Å². The summed E-state index contributed by atoms with van der Waals surface area (Å²) in [5, 5.41) is 13.4. The Bertz CT molecular complexity index is 288. The second-order valence-corrected chi connectivity index (χ2v) is 7.17. The van der Waals surface area contributed by atoms with Crippen molar-refractivity contribution in [1.82, 2.24) is 10.2 Å². The standard InChI is InChI=1S/C16H32N2O2/c1-13(2)17-11-16(5-8-20-9-6-16)12-18-7-4-15(10-18)14(3)19/h13-15,17,19H,4-12H2,1-3H3. The lowest BCUT2D eigenvalue weighted by Gasteiger charge is -2.41. The largest absolute Gasteiger partial charge is 0.393 e. The number of nitrogens with one attached hydrogen (secondary N) is 1. The van der Waals surface area contributed by atoms with E-state index in [1.807, 2.05) is 6.92 Å². The Morgan fingerprint density at radius 3 is 2.55 bits per heavy atom. The molecule has 2 rings (SSSR count). The van der Waals surface area contributed by atoms with Crippen molar-refractivity contribution >= 4 is 0 Å². The van der Waals surface area contributed by atoms with Crippen LogP contribution < -0.4 is 5.32 Å². The fourth-order valence-corrected chi connectivity index (χ4v) is 3.49. The van der Waals surface area contributed by atoms with Gasteiger partial charge in [0.05, 0.1) is 6.10 Å². The van der Waals surface area contributed by atoms with Gasteiger partial charge >= 0.3 is 0 Å². The number of hydrogen-bond acceptors (Lipinski definition) is 4. The Kier molecular flexibility index (Phi) is 5.84. The molecule has 0 amide bonds. The molecule has 2 fully saturated rings. The monoisotopic (exact) mass is 284 g/mol. The number of likely N-dealkylation sites (tertiary alicyclic amines) is 1. The van der Waals surface area contributed by atoms with Gasteiger partial charge < -0.3 is 20.1 Å². The minimum atomic E-state index is -0.167. The zero-order valence-corrected chi connectivity index (χ0v) is 13.4. The Labute approximate surface area is 123 Å². The van der Waals surface area contributed by atoms with Crippen LogP contribution in [0.2, 0.25) is 0 Å². The van der Waals surface area contributed by atoms with Gasteiger partial charge in [-0.05, 0) is 44.1 Å². The highest BCUT2D eigenvalue weighted by molar-refractivity contribution is 4.90. The number of hydrogen-bond donors (Lipinski definition) is 2. The third kappa shape index (κ3) is 4.42. The van der Waals surface area contributed by atoms with Crippen LogP contribution in [0.1, 0.15) is 40.0 Å². The first kappa shape index (κ1) is 16.2. The molecule has 0 spiro atoms.